The van der Waals surface area contributed by atoms with Crippen LogP contribution in [0.2, 0.25) is 0 Å². The Kier molecular flexibility index (Phi) is 3.74. The average molecular weight is 274 g/mol. The molecule has 3 nitrogen and oxygen atoms in total. The molecule has 20 heavy (non-hydrogen) atoms. The van der Waals surface area contributed by atoms with Crippen LogP contribution < -0.4 is 10.1 Å². The molecule has 1 saturated heterocycles. The fourth-order valence-electron chi connectivity index (χ4n) is 3.39. The predicted octanol–water partition coefficient (Wildman–Crippen LogP) is 2.44. The zero-order valence-electron chi connectivity index (χ0n) is 12.9. The van der Waals surface area contributed by atoms with Crippen LogP contribution >= 0.6 is 0 Å². The van der Waals surface area contributed by atoms with Crippen molar-refractivity contribution in [3.8, 4) is 5.75 Å². The predicted molar refractivity (Wildman–Crippen MR) is 82.2 cm³/mol. The van der Waals surface area contributed by atoms with Gasteiger partial charge in [0.05, 0.1) is 0 Å². The summed E-state index contributed by atoms with van der Waals surface area (Å²) in [6.45, 7) is 8.89. The number of fused-ring (bicyclic) bond motifs is 1. The SMILES string of the molecule is CN1CCC(CNCc2ccc3c(c2)CC(C)(C)O3)C1. The largest absolute Gasteiger partial charge is 0.487 e. The summed E-state index contributed by atoms with van der Waals surface area (Å²) < 4.78 is 5.92. The number of hydrogen-bond acceptors (Lipinski definition) is 3. The Morgan fingerprint density at radius 1 is 1.40 bits per heavy atom. The van der Waals surface area contributed by atoms with E-state index in [2.05, 4.69) is 49.3 Å². The molecule has 0 aliphatic carbocycles. The van der Waals surface area contributed by atoms with Crippen LogP contribution in [0.5, 0.6) is 5.75 Å². The van der Waals surface area contributed by atoms with Crippen LogP contribution in [0.3, 0.4) is 0 Å². The summed E-state index contributed by atoms with van der Waals surface area (Å²) in [6.07, 6.45) is 2.35. The van der Waals surface area contributed by atoms with Gasteiger partial charge in [-0.15, -0.1) is 0 Å². The molecule has 2 aliphatic heterocycles. The average Bonchev–Trinajstić information content (AvgIpc) is 2.90. The first-order valence-electron chi connectivity index (χ1n) is 7.72. The molecule has 3 heteroatoms. The van der Waals surface area contributed by atoms with Crippen molar-refractivity contribution in [3.05, 3.63) is 29.3 Å². The minimum absolute atomic E-state index is 0.0389. The first-order chi connectivity index (χ1) is 9.52. The molecule has 1 aromatic rings. The van der Waals surface area contributed by atoms with Gasteiger partial charge < -0.3 is 15.0 Å². The summed E-state index contributed by atoms with van der Waals surface area (Å²) in [4.78, 5) is 2.42. The van der Waals surface area contributed by atoms with Crippen molar-refractivity contribution >= 4 is 0 Å². The molecule has 1 N–H and O–H groups in total. The van der Waals surface area contributed by atoms with Crippen LogP contribution in [0.1, 0.15) is 31.4 Å². The standard InChI is InChI=1S/C17H26N2O/c1-17(2)9-15-8-13(4-5-16(15)20-17)10-18-11-14-6-7-19(3)12-14/h4-5,8,14,18H,6-7,9-12H2,1-3H3. The van der Waals surface area contributed by atoms with Crippen LogP contribution in [0.15, 0.2) is 18.2 Å². The Labute approximate surface area is 122 Å². The summed E-state index contributed by atoms with van der Waals surface area (Å²) in [5.41, 5.74) is 2.69. The molecule has 0 spiro atoms. The Hall–Kier alpha value is -1.06. The highest BCUT2D eigenvalue weighted by Crippen LogP contribution is 2.35. The van der Waals surface area contributed by atoms with Crippen molar-refractivity contribution in [2.24, 2.45) is 5.92 Å². The molecular weight excluding hydrogens is 248 g/mol. The quantitative estimate of drug-likeness (QED) is 0.912. The lowest BCUT2D eigenvalue weighted by Gasteiger charge is -2.16. The molecule has 0 saturated carbocycles. The van der Waals surface area contributed by atoms with Gasteiger partial charge in [-0.2, -0.15) is 0 Å². The molecule has 0 bridgehead atoms. The van der Waals surface area contributed by atoms with Gasteiger partial charge >= 0.3 is 0 Å². The minimum atomic E-state index is -0.0389. The number of benzene rings is 1. The fourth-order valence-corrected chi connectivity index (χ4v) is 3.39. The van der Waals surface area contributed by atoms with Gasteiger partial charge in [0.25, 0.3) is 0 Å². The highest BCUT2D eigenvalue weighted by molar-refractivity contribution is 5.41. The van der Waals surface area contributed by atoms with Crippen molar-refractivity contribution in [2.45, 2.75) is 38.8 Å². The van der Waals surface area contributed by atoms with Crippen LogP contribution in [0.4, 0.5) is 0 Å². The summed E-state index contributed by atoms with van der Waals surface area (Å²) >= 11 is 0. The van der Waals surface area contributed by atoms with Crippen molar-refractivity contribution in [1.82, 2.24) is 10.2 Å². The van der Waals surface area contributed by atoms with Crippen molar-refractivity contribution < 1.29 is 4.74 Å². The van der Waals surface area contributed by atoms with Crippen molar-refractivity contribution in [2.75, 3.05) is 26.7 Å². The molecule has 2 aliphatic rings. The molecule has 1 atom stereocenters. The van der Waals surface area contributed by atoms with E-state index in [1.807, 2.05) is 0 Å². The Bertz CT molecular complexity index is 484. The molecule has 3 rings (SSSR count). The second-order valence-corrected chi connectivity index (χ2v) is 7.03. The van der Waals surface area contributed by atoms with Crippen LogP contribution in [0.25, 0.3) is 0 Å². The molecule has 1 fully saturated rings. The highest BCUT2D eigenvalue weighted by atomic mass is 16.5. The van der Waals surface area contributed by atoms with Gasteiger partial charge in [0.15, 0.2) is 0 Å². The molecule has 0 amide bonds. The molecule has 1 aromatic carbocycles. The first-order valence-corrected chi connectivity index (χ1v) is 7.72. The van der Waals surface area contributed by atoms with Gasteiger partial charge in [-0.25, -0.2) is 0 Å². The number of nitrogens with zero attached hydrogens (tertiary/aromatic N) is 1. The van der Waals surface area contributed by atoms with Gasteiger partial charge in [0, 0.05) is 19.5 Å². The number of nitrogens with one attached hydrogen (secondary N) is 1. The van der Waals surface area contributed by atoms with Gasteiger partial charge in [0.2, 0.25) is 0 Å². The molecular formula is C17H26N2O. The molecule has 0 radical (unpaired) electrons. The summed E-state index contributed by atoms with van der Waals surface area (Å²) in [5.74, 6) is 1.88. The summed E-state index contributed by atoms with van der Waals surface area (Å²) in [5, 5.41) is 3.61. The third kappa shape index (κ3) is 3.15. The number of rotatable bonds is 4. The van der Waals surface area contributed by atoms with Crippen LogP contribution in [-0.4, -0.2) is 37.2 Å². The van der Waals surface area contributed by atoms with E-state index in [1.165, 1.54) is 30.6 Å². The van der Waals surface area contributed by atoms with E-state index < -0.39 is 0 Å². The molecule has 110 valence electrons. The topological polar surface area (TPSA) is 24.5 Å². The fraction of sp³-hybridized carbons (Fsp3) is 0.647. The van der Waals surface area contributed by atoms with E-state index in [9.17, 15) is 0 Å². The molecule has 0 aromatic heterocycles. The third-order valence-electron chi connectivity index (χ3n) is 4.38. The minimum Gasteiger partial charge on any atom is -0.487 e. The van der Waals surface area contributed by atoms with E-state index in [1.54, 1.807) is 0 Å². The van der Waals surface area contributed by atoms with E-state index in [-0.39, 0.29) is 5.60 Å². The van der Waals surface area contributed by atoms with E-state index in [0.717, 1.165) is 31.2 Å². The van der Waals surface area contributed by atoms with Crippen molar-refractivity contribution in [1.29, 1.82) is 0 Å². The van der Waals surface area contributed by atoms with E-state index >= 15 is 0 Å². The smallest absolute Gasteiger partial charge is 0.123 e. The lowest BCUT2D eigenvalue weighted by molar-refractivity contribution is 0.138. The number of hydrogen-bond donors (Lipinski definition) is 1. The second-order valence-electron chi connectivity index (χ2n) is 7.03. The Balaban J connectivity index is 1.52. The van der Waals surface area contributed by atoms with Crippen LogP contribution in [-0.2, 0) is 13.0 Å². The maximum absolute atomic E-state index is 5.92. The number of likely N-dealkylation sites (tertiary alicyclic amines) is 1. The van der Waals surface area contributed by atoms with E-state index in [0.29, 0.717) is 0 Å². The van der Waals surface area contributed by atoms with Gasteiger partial charge in [-0.05, 0) is 63.5 Å². The van der Waals surface area contributed by atoms with Crippen LogP contribution in [0, 0.1) is 5.92 Å². The summed E-state index contributed by atoms with van der Waals surface area (Å²) in [6, 6.07) is 6.62. The third-order valence-corrected chi connectivity index (χ3v) is 4.38. The zero-order valence-corrected chi connectivity index (χ0v) is 12.9. The lowest BCUT2D eigenvalue weighted by Crippen LogP contribution is -2.24. The number of ether oxygens (including phenoxy) is 1. The lowest BCUT2D eigenvalue weighted by atomic mass is 10.00. The highest BCUT2D eigenvalue weighted by Gasteiger charge is 2.29. The maximum atomic E-state index is 5.92. The monoisotopic (exact) mass is 274 g/mol. The van der Waals surface area contributed by atoms with E-state index in [4.69, 9.17) is 4.74 Å². The molecule has 2 heterocycles. The maximum Gasteiger partial charge on any atom is 0.123 e. The van der Waals surface area contributed by atoms with Gasteiger partial charge in [0.1, 0.15) is 11.4 Å². The van der Waals surface area contributed by atoms with Crippen molar-refractivity contribution in [3.63, 3.8) is 0 Å². The van der Waals surface area contributed by atoms with Gasteiger partial charge in [-0.3, -0.25) is 0 Å². The summed E-state index contributed by atoms with van der Waals surface area (Å²) in [7, 11) is 2.21. The molecule has 1 unspecified atom stereocenters. The second kappa shape index (κ2) is 5.38. The Morgan fingerprint density at radius 2 is 2.25 bits per heavy atom. The normalized spacial score (nSPS) is 24.6. The Morgan fingerprint density at radius 3 is 3.00 bits per heavy atom. The first kappa shape index (κ1) is 13.9. The van der Waals surface area contributed by atoms with Gasteiger partial charge in [-0.1, -0.05) is 12.1 Å². The zero-order chi connectivity index (χ0) is 14.2.